The van der Waals surface area contributed by atoms with Gasteiger partial charge in [-0.05, 0) is 56.6 Å². The Labute approximate surface area is 221 Å². The zero-order valence-corrected chi connectivity index (χ0v) is 22.0. The quantitative estimate of drug-likeness (QED) is 0.334. The Morgan fingerprint density at radius 1 is 1.16 bits per heavy atom. The summed E-state index contributed by atoms with van der Waals surface area (Å²) in [5.41, 5.74) is 0.918. The first-order valence-corrected chi connectivity index (χ1v) is 13.3. The van der Waals surface area contributed by atoms with Gasteiger partial charge in [-0.3, -0.25) is 9.62 Å². The standard InChI is InChI=1S/C21H28FN3O4S.C4H4O4/c1-3-12-25-13-10-18(15-25)29-21-9-8-20(16(2)23-21)24-30(26,27)19-6-4-17(5-7-19)28-14-11-22;5-3(6)1-2-4(7)8/h4-9,18,24H,3,10-15H2,1-2H3;1-2H,(H,5,6)(H,7,8). The van der Waals surface area contributed by atoms with Crippen LogP contribution in [-0.2, 0) is 19.6 Å². The summed E-state index contributed by atoms with van der Waals surface area (Å²) < 4.78 is 51.2. The molecule has 2 aromatic rings. The lowest BCUT2D eigenvalue weighted by molar-refractivity contribution is -0.134. The Bertz CT molecular complexity index is 1190. The van der Waals surface area contributed by atoms with E-state index < -0.39 is 28.6 Å². The summed E-state index contributed by atoms with van der Waals surface area (Å²) in [6.45, 7) is 6.19. The van der Waals surface area contributed by atoms with Gasteiger partial charge in [-0.15, -0.1) is 0 Å². The van der Waals surface area contributed by atoms with Gasteiger partial charge in [0.1, 0.15) is 25.1 Å². The maximum Gasteiger partial charge on any atom is 0.328 e. The highest BCUT2D eigenvalue weighted by Gasteiger charge is 2.24. The minimum atomic E-state index is -3.79. The second-order valence-corrected chi connectivity index (χ2v) is 9.92. The number of ether oxygens (including phenoxy) is 2. The lowest BCUT2D eigenvalue weighted by Crippen LogP contribution is -2.25. The van der Waals surface area contributed by atoms with Crippen LogP contribution >= 0.6 is 0 Å². The number of pyridine rings is 1. The highest BCUT2D eigenvalue weighted by atomic mass is 32.2. The van der Waals surface area contributed by atoms with Crippen LogP contribution in [0.25, 0.3) is 0 Å². The number of carboxylic acid groups (broad SMARTS) is 2. The highest BCUT2D eigenvalue weighted by molar-refractivity contribution is 7.92. The van der Waals surface area contributed by atoms with E-state index in [1.165, 1.54) is 24.3 Å². The number of hydrogen-bond donors (Lipinski definition) is 3. The SMILES string of the molecule is CCCN1CCC(Oc2ccc(NS(=O)(=O)c3ccc(OCCF)cc3)c(C)n2)C1.O=C(O)C=CC(=O)O. The van der Waals surface area contributed by atoms with Gasteiger partial charge < -0.3 is 19.7 Å². The van der Waals surface area contributed by atoms with Crippen LogP contribution in [0.2, 0.25) is 0 Å². The van der Waals surface area contributed by atoms with Crippen molar-refractivity contribution >= 4 is 27.6 Å². The molecule has 1 fully saturated rings. The van der Waals surface area contributed by atoms with Crippen LogP contribution in [0.15, 0.2) is 53.4 Å². The van der Waals surface area contributed by atoms with Gasteiger partial charge in [0.05, 0.1) is 16.3 Å². The first-order valence-electron chi connectivity index (χ1n) is 11.9. The average Bonchev–Trinajstić information content (AvgIpc) is 3.30. The van der Waals surface area contributed by atoms with Crippen molar-refractivity contribution in [3.63, 3.8) is 0 Å². The van der Waals surface area contributed by atoms with Crippen molar-refractivity contribution in [1.82, 2.24) is 9.88 Å². The summed E-state index contributed by atoms with van der Waals surface area (Å²) in [7, 11) is -3.79. The minimum Gasteiger partial charge on any atom is -0.491 e. The van der Waals surface area contributed by atoms with Gasteiger partial charge in [0.2, 0.25) is 5.88 Å². The van der Waals surface area contributed by atoms with Crippen molar-refractivity contribution in [1.29, 1.82) is 0 Å². The molecule has 3 rings (SSSR count). The summed E-state index contributed by atoms with van der Waals surface area (Å²) in [4.78, 5) is 26.0. The molecule has 1 saturated heterocycles. The molecule has 1 atom stereocenters. The zero-order valence-electron chi connectivity index (χ0n) is 21.2. The van der Waals surface area contributed by atoms with E-state index in [4.69, 9.17) is 19.7 Å². The molecular weight excluding hydrogens is 521 g/mol. The van der Waals surface area contributed by atoms with Gasteiger partial charge in [-0.25, -0.2) is 27.4 Å². The van der Waals surface area contributed by atoms with Crippen molar-refractivity contribution in [2.24, 2.45) is 0 Å². The molecule has 0 spiro atoms. The smallest absolute Gasteiger partial charge is 0.328 e. The van der Waals surface area contributed by atoms with E-state index in [0.717, 1.165) is 32.5 Å². The molecule has 208 valence electrons. The molecule has 0 amide bonds. The molecule has 0 saturated carbocycles. The van der Waals surface area contributed by atoms with Crippen molar-refractivity contribution in [3.8, 4) is 11.6 Å². The van der Waals surface area contributed by atoms with Crippen LogP contribution in [0, 0.1) is 6.92 Å². The van der Waals surface area contributed by atoms with Gasteiger partial charge in [0.15, 0.2) is 0 Å². The number of halogens is 1. The molecule has 38 heavy (non-hydrogen) atoms. The number of aliphatic carboxylic acids is 2. The van der Waals surface area contributed by atoms with E-state index in [9.17, 15) is 22.4 Å². The predicted molar refractivity (Wildman–Crippen MR) is 138 cm³/mol. The van der Waals surface area contributed by atoms with Gasteiger partial charge >= 0.3 is 11.9 Å². The van der Waals surface area contributed by atoms with Crippen LogP contribution in [0.4, 0.5) is 10.1 Å². The predicted octanol–water partition coefficient (Wildman–Crippen LogP) is 3.11. The number of nitrogens with zero attached hydrogens (tertiary/aromatic N) is 2. The van der Waals surface area contributed by atoms with Crippen molar-refractivity contribution < 1.29 is 42.1 Å². The number of rotatable bonds is 12. The fraction of sp³-hybridized carbons (Fsp3) is 0.400. The summed E-state index contributed by atoms with van der Waals surface area (Å²) in [5, 5.41) is 15.6. The Balaban J connectivity index is 0.000000550. The molecule has 2 heterocycles. The normalized spacial score (nSPS) is 15.5. The molecule has 3 N–H and O–H groups in total. The summed E-state index contributed by atoms with van der Waals surface area (Å²) in [6, 6.07) is 9.16. The Morgan fingerprint density at radius 2 is 1.82 bits per heavy atom. The van der Waals surface area contributed by atoms with Crippen molar-refractivity contribution in [2.45, 2.75) is 37.7 Å². The molecule has 13 heteroatoms. The first-order chi connectivity index (χ1) is 18.0. The number of likely N-dealkylation sites (tertiary alicyclic amines) is 1. The van der Waals surface area contributed by atoms with E-state index in [-0.39, 0.29) is 17.6 Å². The monoisotopic (exact) mass is 553 g/mol. The van der Waals surface area contributed by atoms with Gasteiger partial charge in [-0.2, -0.15) is 0 Å². The molecule has 1 aromatic carbocycles. The molecule has 0 aliphatic carbocycles. The number of sulfonamides is 1. The molecule has 0 bridgehead atoms. The fourth-order valence-electron chi connectivity index (χ4n) is 3.51. The Kier molecular flexibility index (Phi) is 12.0. The minimum absolute atomic E-state index is 0.0683. The second-order valence-electron chi connectivity index (χ2n) is 8.24. The molecule has 11 nitrogen and oxygen atoms in total. The van der Waals surface area contributed by atoms with Gasteiger partial charge in [-0.1, -0.05) is 6.92 Å². The van der Waals surface area contributed by atoms with Crippen LogP contribution < -0.4 is 14.2 Å². The number of hydrogen-bond acceptors (Lipinski definition) is 8. The lowest BCUT2D eigenvalue weighted by Gasteiger charge is -2.16. The van der Waals surface area contributed by atoms with Gasteiger partial charge in [0, 0.05) is 31.3 Å². The van der Waals surface area contributed by atoms with Crippen LogP contribution in [0.5, 0.6) is 11.6 Å². The summed E-state index contributed by atoms with van der Waals surface area (Å²) in [5.74, 6) is -1.61. The first kappa shape index (κ1) is 30.5. The Morgan fingerprint density at radius 3 is 2.37 bits per heavy atom. The maximum absolute atomic E-state index is 12.7. The third-order valence-corrected chi connectivity index (χ3v) is 6.59. The summed E-state index contributed by atoms with van der Waals surface area (Å²) in [6.07, 6.45) is 3.29. The number of aromatic nitrogens is 1. The molecule has 0 radical (unpaired) electrons. The number of carbonyl (C=O) groups is 2. The molecule has 1 aromatic heterocycles. The number of alkyl halides is 1. The van der Waals surface area contributed by atoms with Crippen LogP contribution in [0.3, 0.4) is 0 Å². The van der Waals surface area contributed by atoms with Crippen LogP contribution in [0.1, 0.15) is 25.5 Å². The number of carboxylic acids is 2. The number of anilines is 1. The van der Waals surface area contributed by atoms with Crippen molar-refractivity contribution in [3.05, 3.63) is 54.2 Å². The van der Waals surface area contributed by atoms with Crippen LogP contribution in [-0.4, -0.2) is 79.5 Å². The average molecular weight is 554 g/mol. The number of aryl methyl sites for hydroxylation is 1. The topological polar surface area (TPSA) is 155 Å². The third kappa shape index (κ3) is 10.3. The molecule has 1 aliphatic heterocycles. The van der Waals surface area contributed by atoms with E-state index in [0.29, 0.717) is 35.2 Å². The fourth-order valence-corrected chi connectivity index (χ4v) is 4.63. The molecule has 1 aliphatic rings. The number of nitrogens with one attached hydrogen (secondary N) is 1. The van der Waals surface area contributed by atoms with Crippen molar-refractivity contribution in [2.75, 3.05) is 37.6 Å². The zero-order chi connectivity index (χ0) is 28.1. The van der Waals surface area contributed by atoms with E-state index in [2.05, 4.69) is 21.5 Å². The van der Waals surface area contributed by atoms with Gasteiger partial charge in [0.25, 0.3) is 10.0 Å². The third-order valence-electron chi connectivity index (χ3n) is 5.21. The highest BCUT2D eigenvalue weighted by Crippen LogP contribution is 2.24. The van der Waals surface area contributed by atoms with E-state index in [1.54, 1.807) is 19.1 Å². The largest absolute Gasteiger partial charge is 0.491 e. The lowest BCUT2D eigenvalue weighted by atomic mass is 10.3. The molecular formula is C25H32FN3O8S. The maximum atomic E-state index is 12.7. The van der Waals surface area contributed by atoms with E-state index >= 15 is 0 Å². The van der Waals surface area contributed by atoms with E-state index in [1.807, 2.05) is 0 Å². The summed E-state index contributed by atoms with van der Waals surface area (Å²) >= 11 is 0. The molecule has 1 unspecified atom stereocenters. The Hall–Kier alpha value is -3.71. The number of benzene rings is 1. The second kappa shape index (κ2) is 14.9.